The maximum atomic E-state index is 11.6. The molecule has 4 nitrogen and oxygen atoms in total. The van der Waals surface area contributed by atoms with Crippen LogP contribution in [0.2, 0.25) is 0 Å². The molecule has 0 bridgehead atoms. The van der Waals surface area contributed by atoms with E-state index in [2.05, 4.69) is 41.4 Å². The number of rotatable bonds is 10. The number of nitrogens with one attached hydrogen (secondary N) is 1. The van der Waals surface area contributed by atoms with Crippen molar-refractivity contribution in [1.82, 2.24) is 10.2 Å². The summed E-state index contributed by atoms with van der Waals surface area (Å²) in [6.07, 6.45) is 6.14. The van der Waals surface area contributed by atoms with E-state index in [-0.39, 0.29) is 12.0 Å². The van der Waals surface area contributed by atoms with Crippen molar-refractivity contribution in [3.63, 3.8) is 0 Å². The third kappa shape index (κ3) is 6.62. The normalized spacial score (nSPS) is 20.0. The third-order valence-electron chi connectivity index (χ3n) is 4.91. The van der Waals surface area contributed by atoms with Crippen molar-refractivity contribution in [3.05, 3.63) is 35.9 Å². The Bertz CT molecular complexity index is 478. The molecule has 2 N–H and O–H groups in total. The summed E-state index contributed by atoms with van der Waals surface area (Å²) in [5, 5.41) is 13.0. The lowest BCUT2D eigenvalue weighted by atomic mass is 9.92. The molecule has 2 rings (SSSR count). The Morgan fingerprint density at radius 1 is 1.29 bits per heavy atom. The number of carboxylic acid groups (broad SMARTS) is 1. The lowest BCUT2D eigenvalue weighted by Gasteiger charge is -2.35. The molecule has 1 aliphatic heterocycles. The van der Waals surface area contributed by atoms with Gasteiger partial charge in [-0.25, -0.2) is 0 Å². The molecule has 24 heavy (non-hydrogen) atoms. The molecule has 0 aromatic heterocycles. The van der Waals surface area contributed by atoms with Crippen molar-refractivity contribution < 1.29 is 9.90 Å². The standard InChI is InChI=1S/C20H32N2O2/c1-2-3-4-8-11-18(20(23)24)14-19-16-22(13-12-21-19)15-17-9-6-5-7-10-17/h5-7,9-10,18-19,21H,2-4,8,11-16H2,1H3,(H,23,24). The summed E-state index contributed by atoms with van der Waals surface area (Å²) in [7, 11) is 0. The van der Waals surface area contributed by atoms with Gasteiger partial charge in [0.25, 0.3) is 0 Å². The van der Waals surface area contributed by atoms with Gasteiger partial charge in [-0.15, -0.1) is 0 Å². The summed E-state index contributed by atoms with van der Waals surface area (Å²) in [6, 6.07) is 10.8. The molecule has 2 unspecified atom stereocenters. The van der Waals surface area contributed by atoms with Gasteiger partial charge in [0, 0.05) is 32.2 Å². The van der Waals surface area contributed by atoms with Crippen LogP contribution in [0, 0.1) is 5.92 Å². The average Bonchev–Trinajstić information content (AvgIpc) is 2.59. The van der Waals surface area contributed by atoms with E-state index in [1.807, 2.05) is 6.07 Å². The largest absolute Gasteiger partial charge is 0.481 e. The molecule has 0 radical (unpaired) electrons. The molecular weight excluding hydrogens is 300 g/mol. The van der Waals surface area contributed by atoms with Crippen molar-refractivity contribution in [2.45, 2.75) is 58.0 Å². The molecule has 1 saturated heterocycles. The highest BCUT2D eigenvalue weighted by Gasteiger charge is 2.26. The predicted octanol–water partition coefficient (Wildman–Crippen LogP) is 3.52. The number of carbonyl (C=O) groups is 1. The van der Waals surface area contributed by atoms with Gasteiger partial charge >= 0.3 is 5.97 Å². The first-order chi connectivity index (χ1) is 11.7. The highest BCUT2D eigenvalue weighted by molar-refractivity contribution is 5.69. The maximum Gasteiger partial charge on any atom is 0.306 e. The van der Waals surface area contributed by atoms with Crippen LogP contribution in [0.4, 0.5) is 0 Å². The van der Waals surface area contributed by atoms with Crippen molar-refractivity contribution in [3.8, 4) is 0 Å². The monoisotopic (exact) mass is 332 g/mol. The SMILES string of the molecule is CCCCCCC(CC1CN(Cc2ccccc2)CCN1)C(=O)O. The first-order valence-electron chi connectivity index (χ1n) is 9.41. The molecule has 1 aliphatic rings. The zero-order valence-electron chi connectivity index (χ0n) is 14.9. The fraction of sp³-hybridized carbons (Fsp3) is 0.650. The van der Waals surface area contributed by atoms with Gasteiger partial charge in [0.1, 0.15) is 0 Å². The quantitative estimate of drug-likeness (QED) is 0.644. The molecule has 0 spiro atoms. The van der Waals surface area contributed by atoms with Crippen LogP contribution in [0.25, 0.3) is 0 Å². The number of nitrogens with zero attached hydrogens (tertiary/aromatic N) is 1. The van der Waals surface area contributed by atoms with E-state index in [9.17, 15) is 9.90 Å². The second-order valence-corrected chi connectivity index (χ2v) is 6.99. The van der Waals surface area contributed by atoms with Gasteiger partial charge in [-0.1, -0.05) is 62.9 Å². The Morgan fingerprint density at radius 2 is 2.08 bits per heavy atom. The number of piperazine rings is 1. The number of unbranched alkanes of at least 4 members (excludes halogenated alkanes) is 3. The van der Waals surface area contributed by atoms with E-state index in [0.29, 0.717) is 0 Å². The fourth-order valence-corrected chi connectivity index (χ4v) is 3.54. The topological polar surface area (TPSA) is 52.6 Å². The minimum atomic E-state index is -0.631. The van der Waals surface area contributed by atoms with E-state index in [1.54, 1.807) is 0 Å². The molecule has 1 heterocycles. The smallest absolute Gasteiger partial charge is 0.306 e. The molecule has 134 valence electrons. The van der Waals surface area contributed by atoms with Gasteiger partial charge in [0.2, 0.25) is 0 Å². The second kappa shape index (κ2) is 10.5. The number of aliphatic carboxylic acids is 1. The van der Waals surface area contributed by atoms with Crippen molar-refractivity contribution >= 4 is 5.97 Å². The van der Waals surface area contributed by atoms with Gasteiger partial charge in [-0.05, 0) is 18.4 Å². The Labute approximate surface area is 146 Å². The molecule has 1 aromatic rings. The molecule has 2 atom stereocenters. The zero-order valence-corrected chi connectivity index (χ0v) is 14.9. The maximum absolute atomic E-state index is 11.6. The Kier molecular flexibility index (Phi) is 8.26. The summed E-state index contributed by atoms with van der Waals surface area (Å²) >= 11 is 0. The third-order valence-corrected chi connectivity index (χ3v) is 4.91. The van der Waals surface area contributed by atoms with E-state index in [1.165, 1.54) is 18.4 Å². The zero-order chi connectivity index (χ0) is 17.2. The van der Waals surface area contributed by atoms with Gasteiger partial charge < -0.3 is 10.4 Å². The molecule has 1 fully saturated rings. The van der Waals surface area contributed by atoms with Crippen molar-refractivity contribution in [1.29, 1.82) is 0 Å². The summed E-state index contributed by atoms with van der Waals surface area (Å²) in [4.78, 5) is 14.0. The van der Waals surface area contributed by atoms with Crippen molar-refractivity contribution in [2.24, 2.45) is 5.92 Å². The Morgan fingerprint density at radius 3 is 2.79 bits per heavy atom. The summed E-state index contributed by atoms with van der Waals surface area (Å²) in [5.74, 6) is -0.843. The number of benzene rings is 1. The highest BCUT2D eigenvalue weighted by atomic mass is 16.4. The molecule has 0 amide bonds. The van der Waals surface area contributed by atoms with Gasteiger partial charge in [-0.3, -0.25) is 9.69 Å². The van der Waals surface area contributed by atoms with Crippen LogP contribution in [-0.4, -0.2) is 41.7 Å². The van der Waals surface area contributed by atoms with E-state index < -0.39 is 5.97 Å². The van der Waals surface area contributed by atoms with Crippen LogP contribution in [0.3, 0.4) is 0 Å². The molecule has 0 aliphatic carbocycles. The average molecular weight is 332 g/mol. The predicted molar refractivity (Wildman–Crippen MR) is 98.0 cm³/mol. The van der Waals surface area contributed by atoms with Crippen LogP contribution < -0.4 is 5.32 Å². The second-order valence-electron chi connectivity index (χ2n) is 6.99. The first kappa shape index (κ1) is 18.9. The van der Waals surface area contributed by atoms with Gasteiger partial charge in [0.05, 0.1) is 5.92 Å². The van der Waals surface area contributed by atoms with E-state index in [4.69, 9.17) is 0 Å². The minimum Gasteiger partial charge on any atom is -0.481 e. The van der Waals surface area contributed by atoms with E-state index >= 15 is 0 Å². The van der Waals surface area contributed by atoms with Gasteiger partial charge in [-0.2, -0.15) is 0 Å². The molecule has 0 saturated carbocycles. The first-order valence-corrected chi connectivity index (χ1v) is 9.41. The van der Waals surface area contributed by atoms with Crippen LogP contribution in [0.5, 0.6) is 0 Å². The summed E-state index contributed by atoms with van der Waals surface area (Å²) in [6.45, 7) is 6.04. The highest BCUT2D eigenvalue weighted by Crippen LogP contribution is 2.19. The number of hydrogen-bond donors (Lipinski definition) is 2. The Balaban J connectivity index is 1.80. The van der Waals surface area contributed by atoms with Crippen LogP contribution >= 0.6 is 0 Å². The van der Waals surface area contributed by atoms with Crippen LogP contribution in [0.1, 0.15) is 51.0 Å². The summed E-state index contributed by atoms with van der Waals surface area (Å²) < 4.78 is 0. The van der Waals surface area contributed by atoms with Crippen LogP contribution in [0.15, 0.2) is 30.3 Å². The lowest BCUT2D eigenvalue weighted by Crippen LogP contribution is -2.51. The fourth-order valence-electron chi connectivity index (χ4n) is 3.54. The molecular formula is C20H32N2O2. The minimum absolute atomic E-state index is 0.212. The van der Waals surface area contributed by atoms with Crippen molar-refractivity contribution in [2.75, 3.05) is 19.6 Å². The number of carboxylic acids is 1. The Hall–Kier alpha value is -1.39. The molecule has 4 heteroatoms. The van der Waals surface area contributed by atoms with Crippen LogP contribution in [-0.2, 0) is 11.3 Å². The van der Waals surface area contributed by atoms with Gasteiger partial charge in [0.15, 0.2) is 0 Å². The molecule has 1 aromatic carbocycles. The summed E-state index contributed by atoms with van der Waals surface area (Å²) in [5.41, 5.74) is 1.33. The lowest BCUT2D eigenvalue weighted by molar-refractivity contribution is -0.142. The van der Waals surface area contributed by atoms with E-state index in [0.717, 1.165) is 51.9 Å². The number of hydrogen-bond acceptors (Lipinski definition) is 3.